The summed E-state index contributed by atoms with van der Waals surface area (Å²) in [5.41, 5.74) is 2.17. The summed E-state index contributed by atoms with van der Waals surface area (Å²) in [6, 6.07) is 3.54. The third-order valence-electron chi connectivity index (χ3n) is 3.07. The van der Waals surface area contributed by atoms with E-state index in [4.69, 9.17) is 11.2 Å². The molecule has 1 aliphatic rings. The number of likely N-dealkylation sites (N-methyl/N-ethyl adjacent to an activating group) is 1. The molecule has 0 unspecified atom stereocenters. The van der Waals surface area contributed by atoms with E-state index in [-0.39, 0.29) is 11.8 Å². The molecule has 0 spiro atoms. The molecule has 3 heteroatoms. The van der Waals surface area contributed by atoms with Crippen LogP contribution in [0.1, 0.15) is 17.2 Å². The van der Waals surface area contributed by atoms with Crippen LogP contribution < -0.4 is 4.74 Å². The maximum absolute atomic E-state index is 9.75. The molecule has 0 radical (unpaired) electrons. The molecule has 0 amide bonds. The molecule has 0 aromatic heterocycles. The molecule has 16 heavy (non-hydrogen) atoms. The number of terminal acetylenes is 1. The zero-order valence-corrected chi connectivity index (χ0v) is 9.53. The van der Waals surface area contributed by atoms with Crippen molar-refractivity contribution < 1.29 is 9.84 Å². The Morgan fingerprint density at radius 2 is 2.31 bits per heavy atom. The highest BCUT2D eigenvalue weighted by atomic mass is 16.5. The van der Waals surface area contributed by atoms with Crippen LogP contribution in [0.25, 0.3) is 0 Å². The van der Waals surface area contributed by atoms with Crippen LogP contribution in [0.2, 0.25) is 0 Å². The minimum absolute atomic E-state index is 0.0550. The number of phenolic OH excluding ortho intramolecular Hbond substituents is 1. The molecular formula is C13H15NO2. The van der Waals surface area contributed by atoms with E-state index < -0.39 is 0 Å². The van der Waals surface area contributed by atoms with E-state index in [1.165, 1.54) is 0 Å². The fourth-order valence-corrected chi connectivity index (χ4v) is 2.14. The number of hydrogen-bond donors (Lipinski definition) is 1. The molecule has 1 atom stereocenters. The number of nitrogens with zero attached hydrogens (tertiary/aromatic N) is 1. The lowest BCUT2D eigenvalue weighted by atomic mass is 9.93. The standard InChI is InChI=1S/C13H15NO2/c1-4-11-10-8-12(15)13(16-3)7-9(10)5-6-14(11)2/h1,7-8,11,15H,5-6H2,2-3H3/t11-/m1/s1. The van der Waals surface area contributed by atoms with Gasteiger partial charge >= 0.3 is 0 Å². The second-order valence-corrected chi connectivity index (χ2v) is 4.02. The highest BCUT2D eigenvalue weighted by Gasteiger charge is 2.24. The van der Waals surface area contributed by atoms with Gasteiger partial charge in [-0.3, -0.25) is 4.90 Å². The first kappa shape index (κ1) is 10.8. The highest BCUT2D eigenvalue weighted by Crippen LogP contribution is 2.36. The van der Waals surface area contributed by atoms with Gasteiger partial charge in [-0.05, 0) is 36.7 Å². The third-order valence-corrected chi connectivity index (χ3v) is 3.07. The predicted molar refractivity (Wildman–Crippen MR) is 62.6 cm³/mol. The number of ether oxygens (including phenoxy) is 1. The fourth-order valence-electron chi connectivity index (χ4n) is 2.14. The van der Waals surface area contributed by atoms with Gasteiger partial charge in [-0.1, -0.05) is 5.92 Å². The largest absolute Gasteiger partial charge is 0.504 e. The van der Waals surface area contributed by atoms with Crippen LogP contribution in [-0.4, -0.2) is 30.7 Å². The van der Waals surface area contributed by atoms with Crippen molar-refractivity contribution in [3.63, 3.8) is 0 Å². The van der Waals surface area contributed by atoms with Crippen molar-refractivity contribution in [3.8, 4) is 23.8 Å². The Kier molecular flexibility index (Phi) is 2.76. The Hall–Kier alpha value is -1.66. The van der Waals surface area contributed by atoms with E-state index in [0.29, 0.717) is 5.75 Å². The summed E-state index contributed by atoms with van der Waals surface area (Å²) >= 11 is 0. The Morgan fingerprint density at radius 3 is 2.94 bits per heavy atom. The van der Waals surface area contributed by atoms with Crippen LogP contribution in [0.15, 0.2) is 12.1 Å². The van der Waals surface area contributed by atoms with E-state index in [1.807, 2.05) is 13.1 Å². The van der Waals surface area contributed by atoms with Crippen molar-refractivity contribution in [2.24, 2.45) is 0 Å². The topological polar surface area (TPSA) is 32.7 Å². The molecule has 0 fully saturated rings. The quantitative estimate of drug-likeness (QED) is 0.725. The first-order valence-electron chi connectivity index (χ1n) is 5.23. The van der Waals surface area contributed by atoms with Gasteiger partial charge in [0.1, 0.15) is 0 Å². The number of rotatable bonds is 1. The lowest BCUT2D eigenvalue weighted by Gasteiger charge is -2.31. The van der Waals surface area contributed by atoms with Crippen molar-refractivity contribution in [2.75, 3.05) is 20.7 Å². The summed E-state index contributed by atoms with van der Waals surface area (Å²) in [5, 5.41) is 9.75. The second-order valence-electron chi connectivity index (χ2n) is 4.02. The maximum Gasteiger partial charge on any atom is 0.160 e. The second kappa shape index (κ2) is 4.07. The van der Waals surface area contributed by atoms with E-state index in [2.05, 4.69) is 10.8 Å². The Labute approximate surface area is 95.6 Å². The monoisotopic (exact) mass is 217 g/mol. The molecule has 0 saturated heterocycles. The van der Waals surface area contributed by atoms with Gasteiger partial charge in [0.15, 0.2) is 11.5 Å². The zero-order chi connectivity index (χ0) is 11.7. The van der Waals surface area contributed by atoms with Crippen LogP contribution in [0.5, 0.6) is 11.5 Å². The number of aromatic hydroxyl groups is 1. The molecule has 0 bridgehead atoms. The summed E-state index contributed by atoms with van der Waals surface area (Å²) in [4.78, 5) is 2.11. The average molecular weight is 217 g/mol. The van der Waals surface area contributed by atoms with E-state index >= 15 is 0 Å². The predicted octanol–water partition coefficient (Wildman–Crippen LogP) is 1.56. The van der Waals surface area contributed by atoms with Crippen LogP contribution in [0, 0.1) is 12.3 Å². The Morgan fingerprint density at radius 1 is 1.56 bits per heavy atom. The molecule has 1 heterocycles. The molecule has 84 valence electrons. The van der Waals surface area contributed by atoms with Gasteiger partial charge in [0.2, 0.25) is 0 Å². The number of benzene rings is 1. The molecule has 1 aromatic carbocycles. The van der Waals surface area contributed by atoms with Crippen LogP contribution in [-0.2, 0) is 6.42 Å². The smallest absolute Gasteiger partial charge is 0.160 e. The maximum atomic E-state index is 9.75. The van der Waals surface area contributed by atoms with Gasteiger partial charge in [-0.25, -0.2) is 0 Å². The van der Waals surface area contributed by atoms with Crippen LogP contribution in [0.4, 0.5) is 0 Å². The average Bonchev–Trinajstić information content (AvgIpc) is 2.28. The number of phenols is 1. The van der Waals surface area contributed by atoms with Crippen LogP contribution in [0.3, 0.4) is 0 Å². The minimum atomic E-state index is -0.0550. The summed E-state index contributed by atoms with van der Waals surface area (Å²) in [5.74, 6) is 3.41. The SMILES string of the molecule is C#C[C@@H]1c2cc(O)c(OC)cc2CCN1C. The molecule has 0 aliphatic carbocycles. The lowest BCUT2D eigenvalue weighted by molar-refractivity contribution is 0.277. The molecule has 1 aromatic rings. The molecule has 1 aliphatic heterocycles. The molecule has 2 rings (SSSR count). The molecular weight excluding hydrogens is 202 g/mol. The van der Waals surface area contributed by atoms with Crippen molar-refractivity contribution in [1.82, 2.24) is 4.90 Å². The van der Waals surface area contributed by atoms with Gasteiger partial charge in [0.25, 0.3) is 0 Å². The van der Waals surface area contributed by atoms with Gasteiger partial charge in [-0.2, -0.15) is 0 Å². The first-order chi connectivity index (χ1) is 7.67. The summed E-state index contributed by atoms with van der Waals surface area (Å²) < 4.78 is 5.09. The zero-order valence-electron chi connectivity index (χ0n) is 9.53. The third kappa shape index (κ3) is 1.62. The molecule has 1 N–H and O–H groups in total. The van der Waals surface area contributed by atoms with E-state index in [0.717, 1.165) is 24.1 Å². The first-order valence-corrected chi connectivity index (χ1v) is 5.23. The number of fused-ring (bicyclic) bond motifs is 1. The summed E-state index contributed by atoms with van der Waals surface area (Å²) in [6.07, 6.45) is 6.46. The van der Waals surface area contributed by atoms with Crippen molar-refractivity contribution in [2.45, 2.75) is 12.5 Å². The number of hydrogen-bond acceptors (Lipinski definition) is 3. The summed E-state index contributed by atoms with van der Waals surface area (Å²) in [7, 11) is 3.55. The molecule has 3 nitrogen and oxygen atoms in total. The van der Waals surface area contributed by atoms with Gasteiger partial charge in [-0.15, -0.1) is 6.42 Å². The van der Waals surface area contributed by atoms with E-state index in [9.17, 15) is 5.11 Å². The lowest BCUT2D eigenvalue weighted by Crippen LogP contribution is -2.31. The minimum Gasteiger partial charge on any atom is -0.504 e. The highest BCUT2D eigenvalue weighted by molar-refractivity contribution is 5.50. The van der Waals surface area contributed by atoms with Gasteiger partial charge in [0, 0.05) is 6.54 Å². The summed E-state index contributed by atoms with van der Waals surface area (Å²) in [6.45, 7) is 0.926. The fraction of sp³-hybridized carbons (Fsp3) is 0.385. The number of methoxy groups -OCH3 is 1. The Balaban J connectivity index is 2.52. The van der Waals surface area contributed by atoms with Gasteiger partial charge < -0.3 is 9.84 Å². The van der Waals surface area contributed by atoms with Gasteiger partial charge in [0.05, 0.1) is 13.2 Å². The van der Waals surface area contributed by atoms with Crippen LogP contribution >= 0.6 is 0 Å². The van der Waals surface area contributed by atoms with Crippen molar-refractivity contribution >= 4 is 0 Å². The normalized spacial score (nSPS) is 19.9. The van der Waals surface area contributed by atoms with Crippen molar-refractivity contribution in [3.05, 3.63) is 23.3 Å². The molecule has 0 saturated carbocycles. The van der Waals surface area contributed by atoms with Crippen molar-refractivity contribution in [1.29, 1.82) is 0 Å². The van der Waals surface area contributed by atoms with E-state index in [1.54, 1.807) is 13.2 Å². The Bertz CT molecular complexity index is 448.